The van der Waals surface area contributed by atoms with E-state index < -0.39 is 0 Å². The number of nitrogen functional groups attached to an aromatic ring is 1. The fourth-order valence-electron chi connectivity index (χ4n) is 1.92. The van der Waals surface area contributed by atoms with E-state index in [1.165, 1.54) is 0 Å². The summed E-state index contributed by atoms with van der Waals surface area (Å²) in [6, 6.07) is 15.3. The van der Waals surface area contributed by atoms with E-state index in [0.29, 0.717) is 18.7 Å². The molecule has 0 unspecified atom stereocenters. The van der Waals surface area contributed by atoms with Gasteiger partial charge in [-0.15, -0.1) is 0 Å². The molecule has 20 heavy (non-hydrogen) atoms. The molecule has 3 nitrogen and oxygen atoms in total. The maximum Gasteiger partial charge on any atom is 0.227 e. The van der Waals surface area contributed by atoms with Crippen LogP contribution in [-0.2, 0) is 17.8 Å². The predicted octanol–water partition coefficient (Wildman–Crippen LogP) is 3.23. The molecule has 0 saturated carbocycles. The van der Waals surface area contributed by atoms with Crippen LogP contribution in [-0.4, -0.2) is 17.9 Å². The van der Waals surface area contributed by atoms with Gasteiger partial charge in [0.25, 0.3) is 0 Å². The minimum Gasteiger partial charge on any atom is -0.399 e. The molecule has 0 aliphatic heterocycles. The van der Waals surface area contributed by atoms with Crippen molar-refractivity contribution in [3.05, 3.63) is 64.1 Å². The van der Waals surface area contributed by atoms with Crippen LogP contribution in [0.3, 0.4) is 0 Å². The van der Waals surface area contributed by atoms with Gasteiger partial charge < -0.3 is 10.6 Å². The van der Waals surface area contributed by atoms with Crippen LogP contribution in [0.5, 0.6) is 0 Å². The summed E-state index contributed by atoms with van der Waals surface area (Å²) in [5.74, 6) is 0.0884. The summed E-state index contributed by atoms with van der Waals surface area (Å²) in [4.78, 5) is 13.9. The SMILES string of the molecule is CN(Cc1ccccc1Br)C(=O)Cc1ccc(N)cc1. The highest BCUT2D eigenvalue weighted by molar-refractivity contribution is 9.10. The number of amides is 1. The molecule has 0 spiro atoms. The summed E-state index contributed by atoms with van der Waals surface area (Å²) >= 11 is 3.50. The third kappa shape index (κ3) is 3.84. The van der Waals surface area contributed by atoms with Crippen molar-refractivity contribution in [3.63, 3.8) is 0 Å². The number of carbonyl (C=O) groups is 1. The summed E-state index contributed by atoms with van der Waals surface area (Å²) in [7, 11) is 1.82. The van der Waals surface area contributed by atoms with E-state index in [1.807, 2.05) is 55.6 Å². The van der Waals surface area contributed by atoms with Crippen molar-refractivity contribution < 1.29 is 4.79 Å². The largest absolute Gasteiger partial charge is 0.399 e. The third-order valence-corrected chi connectivity index (χ3v) is 3.90. The monoisotopic (exact) mass is 332 g/mol. The maximum atomic E-state index is 12.2. The van der Waals surface area contributed by atoms with Crippen molar-refractivity contribution in [2.45, 2.75) is 13.0 Å². The molecule has 0 bridgehead atoms. The number of anilines is 1. The molecule has 0 aliphatic rings. The zero-order valence-electron chi connectivity index (χ0n) is 11.3. The van der Waals surface area contributed by atoms with Gasteiger partial charge in [-0.1, -0.05) is 46.3 Å². The number of hydrogen-bond acceptors (Lipinski definition) is 2. The molecule has 1 amide bonds. The number of halogens is 1. The van der Waals surface area contributed by atoms with Crippen molar-refractivity contribution in [1.29, 1.82) is 0 Å². The van der Waals surface area contributed by atoms with E-state index in [2.05, 4.69) is 15.9 Å². The molecule has 2 aromatic rings. The highest BCUT2D eigenvalue weighted by atomic mass is 79.9. The summed E-state index contributed by atoms with van der Waals surface area (Å²) < 4.78 is 1.02. The van der Waals surface area contributed by atoms with Gasteiger partial charge in [-0.05, 0) is 29.3 Å². The normalized spacial score (nSPS) is 10.3. The molecule has 0 aromatic heterocycles. The number of rotatable bonds is 4. The van der Waals surface area contributed by atoms with Gasteiger partial charge in [-0.3, -0.25) is 4.79 Å². The Morgan fingerprint density at radius 1 is 1.15 bits per heavy atom. The Morgan fingerprint density at radius 3 is 2.45 bits per heavy atom. The van der Waals surface area contributed by atoms with Crippen LogP contribution >= 0.6 is 15.9 Å². The van der Waals surface area contributed by atoms with E-state index in [4.69, 9.17) is 5.73 Å². The third-order valence-electron chi connectivity index (χ3n) is 3.13. The number of nitrogens with two attached hydrogens (primary N) is 1. The van der Waals surface area contributed by atoms with Crippen LogP contribution in [0.25, 0.3) is 0 Å². The van der Waals surface area contributed by atoms with Gasteiger partial charge >= 0.3 is 0 Å². The molecular weight excluding hydrogens is 316 g/mol. The zero-order chi connectivity index (χ0) is 14.5. The minimum absolute atomic E-state index is 0.0884. The highest BCUT2D eigenvalue weighted by Gasteiger charge is 2.11. The Labute approximate surface area is 127 Å². The average molecular weight is 333 g/mol. The molecule has 0 heterocycles. The van der Waals surface area contributed by atoms with Crippen molar-refractivity contribution in [2.24, 2.45) is 0 Å². The Kier molecular flexibility index (Phi) is 4.79. The first kappa shape index (κ1) is 14.6. The smallest absolute Gasteiger partial charge is 0.227 e. The summed E-state index contributed by atoms with van der Waals surface area (Å²) in [6.45, 7) is 0.592. The summed E-state index contributed by atoms with van der Waals surface area (Å²) in [5, 5.41) is 0. The Morgan fingerprint density at radius 2 is 1.80 bits per heavy atom. The number of benzene rings is 2. The van der Waals surface area contributed by atoms with Gasteiger partial charge in [0, 0.05) is 23.8 Å². The summed E-state index contributed by atoms with van der Waals surface area (Å²) in [6.07, 6.45) is 0.390. The second-order valence-electron chi connectivity index (χ2n) is 4.76. The molecule has 104 valence electrons. The molecule has 2 aromatic carbocycles. The standard InChI is InChI=1S/C16H17BrN2O/c1-19(11-13-4-2-3-5-15(13)17)16(20)10-12-6-8-14(18)9-7-12/h2-9H,10-11,18H2,1H3. The molecule has 0 atom stereocenters. The first-order valence-corrected chi connectivity index (χ1v) is 7.17. The number of nitrogens with zero attached hydrogens (tertiary/aromatic N) is 1. The molecular formula is C16H17BrN2O. The van der Waals surface area contributed by atoms with Crippen LogP contribution < -0.4 is 5.73 Å². The average Bonchev–Trinajstić information content (AvgIpc) is 2.44. The first-order valence-electron chi connectivity index (χ1n) is 6.38. The molecule has 0 radical (unpaired) electrons. The lowest BCUT2D eigenvalue weighted by Crippen LogP contribution is -2.27. The van der Waals surface area contributed by atoms with E-state index in [1.54, 1.807) is 4.90 Å². The zero-order valence-corrected chi connectivity index (χ0v) is 12.9. The van der Waals surface area contributed by atoms with E-state index in [-0.39, 0.29) is 5.91 Å². The molecule has 0 saturated heterocycles. The fraction of sp³-hybridized carbons (Fsp3) is 0.188. The van der Waals surface area contributed by atoms with Gasteiger partial charge in [0.2, 0.25) is 5.91 Å². The fourth-order valence-corrected chi connectivity index (χ4v) is 2.33. The van der Waals surface area contributed by atoms with Crippen LogP contribution in [0.4, 0.5) is 5.69 Å². The lowest BCUT2D eigenvalue weighted by molar-refractivity contribution is -0.129. The van der Waals surface area contributed by atoms with Crippen molar-refractivity contribution >= 4 is 27.5 Å². The minimum atomic E-state index is 0.0884. The second-order valence-corrected chi connectivity index (χ2v) is 5.61. The highest BCUT2D eigenvalue weighted by Crippen LogP contribution is 2.17. The van der Waals surface area contributed by atoms with Crippen LogP contribution in [0.2, 0.25) is 0 Å². The Bertz CT molecular complexity index is 596. The van der Waals surface area contributed by atoms with Crippen LogP contribution in [0, 0.1) is 0 Å². The van der Waals surface area contributed by atoms with Crippen LogP contribution in [0.1, 0.15) is 11.1 Å². The molecule has 0 aliphatic carbocycles. The van der Waals surface area contributed by atoms with Gasteiger partial charge in [-0.25, -0.2) is 0 Å². The number of carbonyl (C=O) groups excluding carboxylic acids is 1. The van der Waals surface area contributed by atoms with Gasteiger partial charge in [0.05, 0.1) is 6.42 Å². The maximum absolute atomic E-state index is 12.2. The quantitative estimate of drug-likeness (QED) is 0.873. The van der Waals surface area contributed by atoms with Crippen molar-refractivity contribution in [2.75, 3.05) is 12.8 Å². The summed E-state index contributed by atoms with van der Waals surface area (Å²) in [5.41, 5.74) is 8.42. The number of hydrogen-bond donors (Lipinski definition) is 1. The lowest BCUT2D eigenvalue weighted by Gasteiger charge is -2.18. The number of likely N-dealkylation sites (N-methyl/N-ethyl adjacent to an activating group) is 1. The van der Waals surface area contributed by atoms with Gasteiger partial charge in [0.15, 0.2) is 0 Å². The Hall–Kier alpha value is -1.81. The van der Waals surface area contributed by atoms with Gasteiger partial charge in [0.1, 0.15) is 0 Å². The predicted molar refractivity (Wildman–Crippen MR) is 85.2 cm³/mol. The topological polar surface area (TPSA) is 46.3 Å². The Balaban J connectivity index is 1.99. The molecule has 2 rings (SSSR count). The van der Waals surface area contributed by atoms with E-state index in [9.17, 15) is 4.79 Å². The van der Waals surface area contributed by atoms with E-state index in [0.717, 1.165) is 15.6 Å². The van der Waals surface area contributed by atoms with E-state index >= 15 is 0 Å². The first-order chi connectivity index (χ1) is 9.56. The van der Waals surface area contributed by atoms with Crippen molar-refractivity contribution in [1.82, 2.24) is 4.90 Å². The molecule has 4 heteroatoms. The molecule has 2 N–H and O–H groups in total. The lowest BCUT2D eigenvalue weighted by atomic mass is 10.1. The van der Waals surface area contributed by atoms with Crippen molar-refractivity contribution in [3.8, 4) is 0 Å². The molecule has 0 fully saturated rings. The second kappa shape index (κ2) is 6.57. The van der Waals surface area contributed by atoms with Crippen LogP contribution in [0.15, 0.2) is 53.0 Å². The van der Waals surface area contributed by atoms with Gasteiger partial charge in [-0.2, -0.15) is 0 Å².